The molecular weight excluding hydrogens is 414 g/mol. The maximum atomic E-state index is 12.9. The van der Waals surface area contributed by atoms with Gasteiger partial charge in [0.25, 0.3) is 5.91 Å². The van der Waals surface area contributed by atoms with E-state index in [1.807, 2.05) is 30.3 Å². The Labute approximate surface area is 185 Å². The molecule has 1 aromatic carbocycles. The SMILES string of the molecule is CC(C)C(NC(=O)OCc1ccccc1)C(=O)NC1Cc2nccc(n2)CNC(=O)C1=O. The minimum absolute atomic E-state index is 0.0465. The van der Waals surface area contributed by atoms with Gasteiger partial charge in [0.1, 0.15) is 24.5 Å². The maximum absolute atomic E-state index is 12.9. The lowest BCUT2D eigenvalue weighted by atomic mass is 10.0. The van der Waals surface area contributed by atoms with E-state index < -0.39 is 35.8 Å². The zero-order chi connectivity index (χ0) is 23.1. The maximum Gasteiger partial charge on any atom is 0.408 e. The van der Waals surface area contributed by atoms with Crippen LogP contribution < -0.4 is 16.0 Å². The molecule has 168 valence electrons. The van der Waals surface area contributed by atoms with Gasteiger partial charge in [-0.25, -0.2) is 14.8 Å². The van der Waals surface area contributed by atoms with Crippen molar-refractivity contribution in [3.05, 3.63) is 59.7 Å². The summed E-state index contributed by atoms with van der Waals surface area (Å²) >= 11 is 0. The molecule has 2 unspecified atom stereocenters. The van der Waals surface area contributed by atoms with Crippen molar-refractivity contribution in [2.45, 2.75) is 45.5 Å². The van der Waals surface area contributed by atoms with E-state index in [0.29, 0.717) is 11.5 Å². The standard InChI is InChI=1S/C22H25N5O5/c1-13(2)18(27-22(31)32-12-14-6-4-3-5-7-14)20(29)26-16-10-17-23-9-8-15(25-17)11-24-21(30)19(16)28/h3-9,13,16,18H,10-12H2,1-2H3,(H,24,30)(H,26,29)(H,27,31). The van der Waals surface area contributed by atoms with E-state index in [9.17, 15) is 19.2 Å². The summed E-state index contributed by atoms with van der Waals surface area (Å²) < 4.78 is 5.19. The average Bonchev–Trinajstić information content (AvgIpc) is 2.82. The number of nitrogens with one attached hydrogen (secondary N) is 3. The second kappa shape index (κ2) is 10.5. The van der Waals surface area contributed by atoms with E-state index in [1.54, 1.807) is 19.9 Å². The van der Waals surface area contributed by atoms with Crippen molar-refractivity contribution in [2.75, 3.05) is 0 Å². The van der Waals surface area contributed by atoms with Gasteiger partial charge < -0.3 is 20.7 Å². The Balaban J connectivity index is 1.66. The molecule has 32 heavy (non-hydrogen) atoms. The number of carbonyl (C=O) groups excluding carboxylic acids is 4. The summed E-state index contributed by atoms with van der Waals surface area (Å²) in [5.74, 6) is -2.22. The third kappa shape index (κ3) is 6.10. The first-order valence-electron chi connectivity index (χ1n) is 10.2. The van der Waals surface area contributed by atoms with Crippen LogP contribution in [0.25, 0.3) is 0 Å². The number of rotatable bonds is 6. The minimum Gasteiger partial charge on any atom is -0.445 e. The van der Waals surface area contributed by atoms with E-state index in [-0.39, 0.29) is 25.5 Å². The van der Waals surface area contributed by atoms with Crippen LogP contribution in [-0.2, 0) is 38.7 Å². The highest BCUT2D eigenvalue weighted by atomic mass is 16.5. The number of carbonyl (C=O) groups is 4. The zero-order valence-corrected chi connectivity index (χ0v) is 17.8. The Morgan fingerprint density at radius 2 is 1.94 bits per heavy atom. The van der Waals surface area contributed by atoms with Crippen molar-refractivity contribution in [1.82, 2.24) is 25.9 Å². The molecule has 2 aromatic rings. The normalized spacial score (nSPS) is 16.8. The predicted molar refractivity (Wildman–Crippen MR) is 113 cm³/mol. The summed E-state index contributed by atoms with van der Waals surface area (Å²) in [7, 11) is 0. The molecule has 0 spiro atoms. The molecule has 1 aliphatic rings. The molecule has 10 heteroatoms. The third-order valence-corrected chi connectivity index (χ3v) is 4.87. The predicted octanol–water partition coefficient (Wildman–Crippen LogP) is 0.654. The lowest BCUT2D eigenvalue weighted by Gasteiger charge is -2.24. The van der Waals surface area contributed by atoms with Gasteiger partial charge in [0.15, 0.2) is 0 Å². The van der Waals surface area contributed by atoms with E-state index in [0.717, 1.165) is 5.56 Å². The van der Waals surface area contributed by atoms with Crippen molar-refractivity contribution in [2.24, 2.45) is 5.92 Å². The summed E-state index contributed by atoms with van der Waals surface area (Å²) in [5.41, 5.74) is 1.36. The fourth-order valence-electron chi connectivity index (χ4n) is 3.13. The van der Waals surface area contributed by atoms with Crippen LogP contribution in [0, 0.1) is 5.92 Å². The molecule has 3 N–H and O–H groups in total. The van der Waals surface area contributed by atoms with Crippen molar-refractivity contribution in [3.63, 3.8) is 0 Å². The van der Waals surface area contributed by atoms with Gasteiger partial charge >= 0.3 is 6.09 Å². The summed E-state index contributed by atoms with van der Waals surface area (Å²) in [5, 5.41) is 7.58. The van der Waals surface area contributed by atoms with Crippen LogP contribution in [0.15, 0.2) is 42.6 Å². The lowest BCUT2D eigenvalue weighted by Crippen LogP contribution is -2.56. The first-order valence-corrected chi connectivity index (χ1v) is 10.2. The third-order valence-electron chi connectivity index (χ3n) is 4.87. The number of hydrogen-bond acceptors (Lipinski definition) is 7. The van der Waals surface area contributed by atoms with Crippen LogP contribution in [0.3, 0.4) is 0 Å². The topological polar surface area (TPSA) is 139 Å². The molecule has 2 heterocycles. The van der Waals surface area contributed by atoms with Gasteiger partial charge in [-0.2, -0.15) is 0 Å². The van der Waals surface area contributed by atoms with Crippen molar-refractivity contribution < 1.29 is 23.9 Å². The smallest absolute Gasteiger partial charge is 0.408 e. The number of benzene rings is 1. The van der Waals surface area contributed by atoms with Gasteiger partial charge in [-0.3, -0.25) is 14.4 Å². The highest BCUT2D eigenvalue weighted by molar-refractivity contribution is 6.38. The van der Waals surface area contributed by atoms with Gasteiger partial charge in [0, 0.05) is 12.6 Å². The fourth-order valence-corrected chi connectivity index (χ4v) is 3.13. The van der Waals surface area contributed by atoms with Gasteiger partial charge in [-0.15, -0.1) is 0 Å². The molecule has 0 fully saturated rings. The van der Waals surface area contributed by atoms with Crippen molar-refractivity contribution in [3.8, 4) is 0 Å². The van der Waals surface area contributed by atoms with Crippen LogP contribution in [0.2, 0.25) is 0 Å². The first kappa shape index (κ1) is 22.9. The van der Waals surface area contributed by atoms with Crippen LogP contribution in [-0.4, -0.2) is 45.7 Å². The van der Waals surface area contributed by atoms with E-state index in [2.05, 4.69) is 25.9 Å². The number of nitrogens with zero attached hydrogens (tertiary/aromatic N) is 2. The number of amides is 3. The first-order chi connectivity index (χ1) is 15.3. The molecule has 2 atom stereocenters. The number of alkyl carbamates (subject to hydrolysis) is 1. The number of Topliss-reactive ketones (excluding diaryl/α,β-unsaturated/α-hetero) is 1. The molecule has 1 aromatic heterocycles. The highest BCUT2D eigenvalue weighted by Gasteiger charge is 2.33. The monoisotopic (exact) mass is 439 g/mol. The fraction of sp³-hybridized carbons (Fsp3) is 0.364. The van der Waals surface area contributed by atoms with E-state index in [1.165, 1.54) is 6.20 Å². The van der Waals surface area contributed by atoms with Gasteiger partial charge in [-0.05, 0) is 17.5 Å². The van der Waals surface area contributed by atoms with Gasteiger partial charge in [-0.1, -0.05) is 44.2 Å². The largest absolute Gasteiger partial charge is 0.445 e. The molecule has 10 nitrogen and oxygen atoms in total. The Morgan fingerprint density at radius 1 is 1.19 bits per heavy atom. The molecule has 3 amide bonds. The molecule has 3 rings (SSSR count). The van der Waals surface area contributed by atoms with Crippen LogP contribution >= 0.6 is 0 Å². The zero-order valence-electron chi connectivity index (χ0n) is 17.8. The summed E-state index contributed by atoms with van der Waals surface area (Å²) in [6.45, 7) is 3.62. The Bertz CT molecular complexity index is 995. The van der Waals surface area contributed by atoms with E-state index in [4.69, 9.17) is 4.74 Å². The lowest BCUT2D eigenvalue weighted by molar-refractivity contribution is -0.140. The highest BCUT2D eigenvalue weighted by Crippen LogP contribution is 2.08. The number of ether oxygens (including phenoxy) is 1. The minimum atomic E-state index is -1.17. The summed E-state index contributed by atoms with van der Waals surface area (Å²) in [4.78, 5) is 58.3. The van der Waals surface area contributed by atoms with Gasteiger partial charge in [0.05, 0.1) is 12.2 Å². The van der Waals surface area contributed by atoms with Crippen LogP contribution in [0.4, 0.5) is 4.79 Å². The number of hydrogen-bond donors (Lipinski definition) is 3. The number of aromatic nitrogens is 2. The molecule has 2 bridgehead atoms. The van der Waals surface area contributed by atoms with Gasteiger partial charge in [0.2, 0.25) is 11.7 Å². The molecule has 1 aliphatic heterocycles. The Hall–Kier alpha value is -3.82. The Kier molecular flexibility index (Phi) is 7.48. The second-order valence-corrected chi connectivity index (χ2v) is 7.70. The number of ketones is 1. The molecule has 0 saturated carbocycles. The van der Waals surface area contributed by atoms with Crippen molar-refractivity contribution in [1.29, 1.82) is 0 Å². The summed E-state index contributed by atoms with van der Waals surface area (Å²) in [6.07, 6.45) is 0.715. The molecule has 0 radical (unpaired) electrons. The van der Waals surface area contributed by atoms with Crippen LogP contribution in [0.5, 0.6) is 0 Å². The average molecular weight is 439 g/mol. The molecular formula is C22H25N5O5. The molecule has 0 saturated heterocycles. The Morgan fingerprint density at radius 3 is 2.66 bits per heavy atom. The molecule has 0 aliphatic carbocycles. The summed E-state index contributed by atoms with van der Waals surface area (Å²) in [6, 6.07) is 8.61. The quantitative estimate of drug-likeness (QED) is 0.562. The van der Waals surface area contributed by atoms with Crippen molar-refractivity contribution >= 4 is 23.7 Å². The van der Waals surface area contributed by atoms with E-state index >= 15 is 0 Å². The van der Waals surface area contributed by atoms with Crippen LogP contribution in [0.1, 0.15) is 30.9 Å². The number of fused-ring (bicyclic) bond motifs is 2. The second-order valence-electron chi connectivity index (χ2n) is 7.70.